The predicted molar refractivity (Wildman–Crippen MR) is 110 cm³/mol. The lowest BCUT2D eigenvalue weighted by Gasteiger charge is -2.25. The third-order valence-corrected chi connectivity index (χ3v) is 3.28. The first kappa shape index (κ1) is 23.0. The van der Waals surface area contributed by atoms with Gasteiger partial charge in [0.05, 0.1) is 18.5 Å². The number of benzene rings is 1. The minimum Gasteiger partial charge on any atom is -0.494 e. The highest BCUT2D eigenvalue weighted by Crippen LogP contribution is 2.38. The van der Waals surface area contributed by atoms with Crippen LogP contribution in [0.5, 0.6) is 5.75 Å². The van der Waals surface area contributed by atoms with Gasteiger partial charge in [-0.25, -0.2) is 4.99 Å². The number of nitrogens with zero attached hydrogens (tertiary/aromatic N) is 3. The van der Waals surface area contributed by atoms with Gasteiger partial charge in [-0.15, -0.1) is 13.2 Å². The highest BCUT2D eigenvalue weighted by Gasteiger charge is 2.15. The number of methoxy groups -OCH3 is 1. The van der Waals surface area contributed by atoms with Gasteiger partial charge in [-0.05, 0) is 26.2 Å². The molecule has 8 nitrogen and oxygen atoms in total. The van der Waals surface area contributed by atoms with Crippen molar-refractivity contribution < 1.29 is 9.53 Å². The number of likely N-dealkylation sites (N-methyl/N-ethyl adjacent to an activating group) is 2. The van der Waals surface area contributed by atoms with E-state index in [-0.39, 0.29) is 11.9 Å². The van der Waals surface area contributed by atoms with Crippen molar-refractivity contribution in [1.82, 2.24) is 4.90 Å². The van der Waals surface area contributed by atoms with E-state index in [0.717, 1.165) is 18.8 Å². The molecule has 0 saturated heterocycles. The molecule has 0 fully saturated rings. The molecule has 1 aromatic rings. The largest absolute Gasteiger partial charge is 0.494 e. The molecule has 0 aromatic heterocycles. The Bertz CT molecular complexity index is 639. The number of hydrogen-bond acceptors (Lipinski definition) is 5. The number of nitrogens with one attached hydrogen (secondary N) is 1. The molecule has 5 N–H and O–H groups in total. The molecule has 0 spiro atoms. The zero-order valence-corrected chi connectivity index (χ0v) is 16.1. The smallest absolute Gasteiger partial charge is 0.247 e. The fourth-order valence-electron chi connectivity index (χ4n) is 2.02. The Morgan fingerprint density at radius 1 is 1.27 bits per heavy atom. The van der Waals surface area contributed by atoms with Crippen LogP contribution in [0.3, 0.4) is 0 Å². The Balaban J connectivity index is 0.00000301. The standard InChI is InChI=1S/C16H26N6O2.C2H4/c1-6-15(23)19-11-9-12(20-16(17)18)14(24-5)10-13(11)22(4)8-7-21(2)3;1-2/h6,9-10H,1,7-8H2,2-5H3,(H,19,23)(H4,17,18,20);1-2H2. The van der Waals surface area contributed by atoms with Crippen LogP contribution in [0.25, 0.3) is 0 Å². The van der Waals surface area contributed by atoms with Crippen LogP contribution in [-0.4, -0.2) is 58.1 Å². The number of rotatable bonds is 8. The van der Waals surface area contributed by atoms with Crippen LogP contribution in [0.4, 0.5) is 17.1 Å². The lowest BCUT2D eigenvalue weighted by molar-refractivity contribution is -0.111. The first-order chi connectivity index (χ1) is 12.3. The van der Waals surface area contributed by atoms with Gasteiger partial charge in [-0.1, -0.05) is 6.58 Å². The number of carbonyl (C=O) groups excluding carboxylic acids is 1. The Morgan fingerprint density at radius 3 is 2.35 bits per heavy atom. The topological polar surface area (TPSA) is 109 Å². The van der Waals surface area contributed by atoms with Gasteiger partial charge >= 0.3 is 0 Å². The number of ether oxygens (including phenoxy) is 1. The molecule has 0 aliphatic rings. The zero-order chi connectivity index (χ0) is 20.3. The quantitative estimate of drug-likeness (QED) is 0.280. The number of aliphatic imine (C=N–C) groups is 1. The van der Waals surface area contributed by atoms with Crippen molar-refractivity contribution in [2.24, 2.45) is 16.5 Å². The van der Waals surface area contributed by atoms with Crippen molar-refractivity contribution in [3.05, 3.63) is 37.9 Å². The fraction of sp³-hybridized carbons (Fsp3) is 0.333. The second kappa shape index (κ2) is 11.5. The van der Waals surface area contributed by atoms with Crippen LogP contribution >= 0.6 is 0 Å². The van der Waals surface area contributed by atoms with Crippen LogP contribution in [0.2, 0.25) is 0 Å². The first-order valence-electron chi connectivity index (χ1n) is 7.89. The Hall–Kier alpha value is -3.00. The average Bonchev–Trinajstić information content (AvgIpc) is 2.60. The molecule has 0 bridgehead atoms. The number of nitrogens with two attached hydrogens (primary N) is 2. The Labute approximate surface area is 155 Å². The van der Waals surface area contributed by atoms with E-state index in [1.54, 1.807) is 12.1 Å². The summed E-state index contributed by atoms with van der Waals surface area (Å²) in [7, 11) is 7.46. The molecule has 144 valence electrons. The normalized spacial score (nSPS) is 9.58. The maximum atomic E-state index is 11.7. The molecule has 1 rings (SSSR count). The molecule has 0 saturated carbocycles. The minimum atomic E-state index is -0.321. The highest BCUT2D eigenvalue weighted by molar-refractivity contribution is 6.02. The maximum Gasteiger partial charge on any atom is 0.247 e. The van der Waals surface area contributed by atoms with Gasteiger partial charge in [0.2, 0.25) is 5.91 Å². The van der Waals surface area contributed by atoms with Crippen LogP contribution < -0.4 is 26.4 Å². The van der Waals surface area contributed by atoms with E-state index < -0.39 is 0 Å². The Morgan fingerprint density at radius 2 is 1.88 bits per heavy atom. The van der Waals surface area contributed by atoms with E-state index in [1.165, 1.54) is 13.2 Å². The zero-order valence-electron chi connectivity index (χ0n) is 16.1. The van der Waals surface area contributed by atoms with Gasteiger partial charge in [0.1, 0.15) is 11.4 Å². The average molecular weight is 362 g/mol. The van der Waals surface area contributed by atoms with Gasteiger partial charge in [-0.3, -0.25) is 4.79 Å². The van der Waals surface area contributed by atoms with Gasteiger partial charge in [0.15, 0.2) is 5.96 Å². The van der Waals surface area contributed by atoms with Crippen LogP contribution in [0, 0.1) is 0 Å². The van der Waals surface area contributed by atoms with E-state index in [4.69, 9.17) is 16.2 Å². The SMILES string of the molecule is C=C.C=CC(=O)Nc1cc(N=C(N)N)c(OC)cc1N(C)CCN(C)C. The van der Waals surface area contributed by atoms with Crippen molar-refractivity contribution >= 4 is 28.9 Å². The van der Waals surface area contributed by atoms with E-state index in [2.05, 4.69) is 34.9 Å². The first-order valence-corrected chi connectivity index (χ1v) is 7.89. The van der Waals surface area contributed by atoms with Gasteiger partial charge < -0.3 is 31.3 Å². The monoisotopic (exact) mass is 362 g/mol. The molecule has 0 aliphatic heterocycles. The van der Waals surface area contributed by atoms with Crippen LogP contribution in [-0.2, 0) is 4.79 Å². The lowest BCUT2D eigenvalue weighted by atomic mass is 10.2. The van der Waals surface area contributed by atoms with E-state index >= 15 is 0 Å². The number of amides is 1. The predicted octanol–water partition coefficient (Wildman–Crippen LogP) is 1.52. The van der Waals surface area contributed by atoms with Gasteiger partial charge in [0.25, 0.3) is 0 Å². The van der Waals surface area contributed by atoms with Crippen molar-refractivity contribution in [1.29, 1.82) is 0 Å². The summed E-state index contributed by atoms with van der Waals surface area (Å²) in [6, 6.07) is 3.46. The third-order valence-electron chi connectivity index (χ3n) is 3.28. The number of anilines is 2. The minimum absolute atomic E-state index is 0.0944. The van der Waals surface area contributed by atoms with E-state index in [9.17, 15) is 4.79 Å². The molecule has 0 heterocycles. The van der Waals surface area contributed by atoms with Crippen LogP contribution in [0.1, 0.15) is 0 Å². The molecular formula is C18H30N6O2. The lowest BCUT2D eigenvalue weighted by Crippen LogP contribution is -2.29. The molecule has 1 amide bonds. The molecular weight excluding hydrogens is 332 g/mol. The number of carbonyl (C=O) groups is 1. The summed E-state index contributed by atoms with van der Waals surface area (Å²) in [5.74, 6) is 0.0905. The molecule has 0 unspecified atom stereocenters. The fourth-order valence-corrected chi connectivity index (χ4v) is 2.02. The summed E-state index contributed by atoms with van der Waals surface area (Å²) in [6.07, 6.45) is 1.20. The summed E-state index contributed by atoms with van der Waals surface area (Å²) >= 11 is 0. The maximum absolute atomic E-state index is 11.7. The molecule has 26 heavy (non-hydrogen) atoms. The molecule has 1 aromatic carbocycles. The summed E-state index contributed by atoms with van der Waals surface area (Å²) in [4.78, 5) is 19.9. The Kier molecular flexibility index (Phi) is 10.2. The van der Waals surface area contributed by atoms with Crippen molar-refractivity contribution in [3.8, 4) is 5.75 Å². The summed E-state index contributed by atoms with van der Waals surface area (Å²) in [6.45, 7) is 11.1. The molecule has 8 heteroatoms. The number of guanidine groups is 1. The van der Waals surface area contributed by atoms with Crippen molar-refractivity contribution in [3.63, 3.8) is 0 Å². The van der Waals surface area contributed by atoms with E-state index in [1.807, 2.05) is 26.0 Å². The highest BCUT2D eigenvalue weighted by atomic mass is 16.5. The van der Waals surface area contributed by atoms with Gasteiger partial charge in [0, 0.05) is 26.2 Å². The van der Waals surface area contributed by atoms with Crippen molar-refractivity contribution in [2.45, 2.75) is 0 Å². The number of hydrogen-bond donors (Lipinski definition) is 3. The summed E-state index contributed by atoms with van der Waals surface area (Å²) < 4.78 is 5.36. The van der Waals surface area contributed by atoms with E-state index in [0.29, 0.717) is 17.1 Å². The summed E-state index contributed by atoms with van der Waals surface area (Å²) in [5, 5.41) is 2.77. The second-order valence-electron chi connectivity index (χ2n) is 5.50. The van der Waals surface area contributed by atoms with Crippen molar-refractivity contribution in [2.75, 3.05) is 51.6 Å². The molecule has 0 aliphatic carbocycles. The molecule has 0 radical (unpaired) electrons. The second-order valence-corrected chi connectivity index (χ2v) is 5.50. The third kappa shape index (κ3) is 7.27. The van der Waals surface area contributed by atoms with Crippen LogP contribution in [0.15, 0.2) is 42.9 Å². The van der Waals surface area contributed by atoms with Gasteiger partial charge in [-0.2, -0.15) is 0 Å². The molecule has 0 atom stereocenters. The summed E-state index contributed by atoms with van der Waals surface area (Å²) in [5.41, 5.74) is 12.7.